The van der Waals surface area contributed by atoms with Crippen LogP contribution in [0.2, 0.25) is 0 Å². The molecule has 0 aromatic carbocycles. The van der Waals surface area contributed by atoms with E-state index in [1.807, 2.05) is 16.3 Å². The Balaban J connectivity index is 1.47. The molecule has 2 aromatic rings. The van der Waals surface area contributed by atoms with E-state index in [1.165, 1.54) is 0 Å². The topological polar surface area (TPSA) is 81.6 Å². The number of aliphatic hydroxyl groups is 1. The first-order chi connectivity index (χ1) is 14.9. The molecule has 3 atom stereocenters. The maximum atomic E-state index is 13.5. The van der Waals surface area contributed by atoms with Crippen molar-refractivity contribution < 1.29 is 9.90 Å². The van der Waals surface area contributed by atoms with Gasteiger partial charge in [0.15, 0.2) is 0 Å². The molecule has 1 aliphatic heterocycles. The molecule has 4 rings (SSSR count). The Morgan fingerprint density at radius 2 is 2.06 bits per heavy atom. The Morgan fingerprint density at radius 1 is 1.32 bits per heavy atom. The smallest absolute Gasteiger partial charge is 0.232 e. The van der Waals surface area contributed by atoms with Crippen LogP contribution in [0.15, 0.2) is 22.2 Å². The van der Waals surface area contributed by atoms with Crippen molar-refractivity contribution >= 4 is 39.0 Å². The van der Waals surface area contributed by atoms with Crippen molar-refractivity contribution in [2.24, 2.45) is 0 Å². The number of hydrogen-bond donors (Lipinski definition) is 2. The highest BCUT2D eigenvalue weighted by Gasteiger charge is 2.35. The highest BCUT2D eigenvalue weighted by atomic mass is 79.9. The number of nitrogens with one attached hydrogen (secondary N) is 1. The zero-order valence-corrected chi connectivity index (χ0v) is 20.6. The second-order valence-electron chi connectivity index (χ2n) is 8.71. The molecule has 0 radical (unpaired) electrons. The average Bonchev–Trinajstić information content (AvgIpc) is 3.31. The number of carbonyl (C=O) groups is 1. The van der Waals surface area contributed by atoms with E-state index in [-0.39, 0.29) is 17.7 Å². The molecular weight excluding hydrogens is 478 g/mol. The number of rotatable bonds is 6. The van der Waals surface area contributed by atoms with Crippen LogP contribution in [-0.4, -0.2) is 64.6 Å². The molecule has 31 heavy (non-hydrogen) atoms. The molecule has 1 amide bonds. The summed E-state index contributed by atoms with van der Waals surface area (Å²) >= 11 is 5.24. The van der Waals surface area contributed by atoms with Crippen LogP contribution in [0, 0.1) is 0 Å². The average molecular weight is 508 g/mol. The predicted molar refractivity (Wildman–Crippen MR) is 127 cm³/mol. The van der Waals surface area contributed by atoms with Crippen molar-refractivity contribution in [3.05, 3.63) is 38.4 Å². The van der Waals surface area contributed by atoms with Crippen LogP contribution >= 0.6 is 27.3 Å². The molecule has 1 saturated heterocycles. The number of amides is 1. The second-order valence-corrected chi connectivity index (χ2v) is 10.5. The number of carbonyl (C=O) groups excluding carboxylic acids is 1. The molecule has 168 valence electrons. The Morgan fingerprint density at radius 3 is 2.71 bits per heavy atom. The lowest BCUT2D eigenvalue weighted by atomic mass is 10.0. The first kappa shape index (κ1) is 22.6. The number of thiophene rings is 1. The van der Waals surface area contributed by atoms with Crippen molar-refractivity contribution in [2.45, 2.75) is 51.2 Å². The van der Waals surface area contributed by atoms with Crippen LogP contribution in [-0.2, 0) is 4.79 Å². The minimum absolute atomic E-state index is 0.174. The SMILES string of the molecule is CC(C)NC[C@@H](C(=O)N1CCN(c2ncnc3c2[C@H](C)C[C@H]3O)CC1)c1sccc1Br. The van der Waals surface area contributed by atoms with Crippen molar-refractivity contribution in [2.75, 3.05) is 37.6 Å². The molecule has 2 aromatic heterocycles. The summed E-state index contributed by atoms with van der Waals surface area (Å²) in [5.74, 6) is 1.14. The molecule has 7 nitrogen and oxygen atoms in total. The lowest BCUT2D eigenvalue weighted by Gasteiger charge is -2.38. The van der Waals surface area contributed by atoms with Crippen LogP contribution in [0.25, 0.3) is 0 Å². The monoisotopic (exact) mass is 507 g/mol. The van der Waals surface area contributed by atoms with E-state index in [2.05, 4.69) is 56.9 Å². The fourth-order valence-electron chi connectivity index (χ4n) is 4.51. The van der Waals surface area contributed by atoms with Crippen molar-refractivity contribution in [3.8, 4) is 0 Å². The van der Waals surface area contributed by atoms with Gasteiger partial charge in [-0.25, -0.2) is 9.97 Å². The van der Waals surface area contributed by atoms with Gasteiger partial charge in [0.05, 0.1) is 17.7 Å². The van der Waals surface area contributed by atoms with Gasteiger partial charge in [0.25, 0.3) is 0 Å². The number of aliphatic hydroxyl groups excluding tert-OH is 1. The highest BCUT2D eigenvalue weighted by Crippen LogP contribution is 2.43. The van der Waals surface area contributed by atoms with E-state index < -0.39 is 6.10 Å². The number of halogens is 1. The molecule has 0 saturated carbocycles. The van der Waals surface area contributed by atoms with Crippen LogP contribution in [0.3, 0.4) is 0 Å². The number of aromatic nitrogens is 2. The van der Waals surface area contributed by atoms with E-state index in [4.69, 9.17) is 0 Å². The van der Waals surface area contributed by atoms with Gasteiger partial charge in [-0.1, -0.05) is 20.8 Å². The van der Waals surface area contributed by atoms with E-state index in [0.29, 0.717) is 32.1 Å². The Kier molecular flexibility index (Phi) is 6.95. The van der Waals surface area contributed by atoms with E-state index in [0.717, 1.165) is 39.5 Å². The van der Waals surface area contributed by atoms with Gasteiger partial charge in [-0.3, -0.25) is 4.79 Å². The second kappa shape index (κ2) is 9.52. The quantitative estimate of drug-likeness (QED) is 0.624. The van der Waals surface area contributed by atoms with Crippen LogP contribution in [0.5, 0.6) is 0 Å². The minimum atomic E-state index is -0.506. The summed E-state index contributed by atoms with van der Waals surface area (Å²) < 4.78 is 1.00. The van der Waals surface area contributed by atoms with Gasteiger partial charge in [0.1, 0.15) is 12.1 Å². The molecule has 3 heterocycles. The number of nitrogens with zero attached hydrogens (tertiary/aromatic N) is 4. The summed E-state index contributed by atoms with van der Waals surface area (Å²) in [5.41, 5.74) is 1.83. The standard InChI is InChI=1S/C22H30BrN5O2S/c1-13(2)24-11-15(20-16(23)4-9-31-20)22(30)28-7-5-27(6-8-28)21-18-14(3)10-17(29)19(18)25-12-26-21/h4,9,12-15,17,24,29H,5-8,10-11H2,1-3H3/t14-,15-,17-/m1/s1. The van der Waals surface area contributed by atoms with Gasteiger partial charge in [-0.15, -0.1) is 11.3 Å². The normalized spacial score (nSPS) is 22.1. The summed E-state index contributed by atoms with van der Waals surface area (Å²) in [6.07, 6.45) is 1.74. The zero-order valence-electron chi connectivity index (χ0n) is 18.2. The molecule has 0 bridgehead atoms. The molecule has 1 fully saturated rings. The van der Waals surface area contributed by atoms with Crippen molar-refractivity contribution in [3.63, 3.8) is 0 Å². The summed E-state index contributed by atoms with van der Waals surface area (Å²) in [5, 5.41) is 15.7. The van der Waals surface area contributed by atoms with Crippen LogP contribution in [0.1, 0.15) is 61.3 Å². The van der Waals surface area contributed by atoms with E-state index in [1.54, 1.807) is 17.7 Å². The van der Waals surface area contributed by atoms with Gasteiger partial charge < -0.3 is 20.2 Å². The van der Waals surface area contributed by atoms with E-state index in [9.17, 15) is 9.90 Å². The molecule has 9 heteroatoms. The molecule has 2 N–H and O–H groups in total. The zero-order chi connectivity index (χ0) is 22.1. The fraction of sp³-hybridized carbons (Fsp3) is 0.591. The summed E-state index contributed by atoms with van der Waals surface area (Å²) in [4.78, 5) is 27.7. The van der Waals surface area contributed by atoms with Crippen LogP contribution in [0.4, 0.5) is 5.82 Å². The maximum Gasteiger partial charge on any atom is 0.232 e. The lowest BCUT2D eigenvalue weighted by molar-refractivity contribution is -0.133. The van der Waals surface area contributed by atoms with Crippen molar-refractivity contribution in [1.29, 1.82) is 0 Å². The third-order valence-electron chi connectivity index (χ3n) is 6.16. The van der Waals surface area contributed by atoms with Crippen LogP contribution < -0.4 is 10.2 Å². The van der Waals surface area contributed by atoms with Gasteiger partial charge >= 0.3 is 0 Å². The Hall–Kier alpha value is -1.55. The van der Waals surface area contributed by atoms with Gasteiger partial charge in [0, 0.05) is 53.7 Å². The van der Waals surface area contributed by atoms with E-state index >= 15 is 0 Å². The number of hydrogen-bond acceptors (Lipinski definition) is 7. The highest BCUT2D eigenvalue weighted by molar-refractivity contribution is 9.10. The minimum Gasteiger partial charge on any atom is -0.387 e. The molecule has 1 aliphatic carbocycles. The third-order valence-corrected chi connectivity index (χ3v) is 8.14. The number of fused-ring (bicyclic) bond motifs is 1. The molecular formula is C22H30BrN5O2S. The first-order valence-corrected chi connectivity index (χ1v) is 12.6. The summed E-state index contributed by atoms with van der Waals surface area (Å²) in [6, 6.07) is 2.34. The first-order valence-electron chi connectivity index (χ1n) is 10.9. The molecule has 2 aliphatic rings. The summed E-state index contributed by atoms with van der Waals surface area (Å²) in [6.45, 7) is 9.73. The van der Waals surface area contributed by atoms with Crippen molar-refractivity contribution in [1.82, 2.24) is 20.2 Å². The third kappa shape index (κ3) is 4.65. The Bertz CT molecular complexity index is 928. The Labute approximate surface area is 196 Å². The fourth-order valence-corrected chi connectivity index (χ4v) is 6.26. The molecule has 0 unspecified atom stereocenters. The van der Waals surface area contributed by atoms with Gasteiger partial charge in [-0.05, 0) is 39.7 Å². The number of piperazine rings is 1. The largest absolute Gasteiger partial charge is 0.387 e. The molecule has 0 spiro atoms. The van der Waals surface area contributed by atoms with Gasteiger partial charge in [0.2, 0.25) is 5.91 Å². The maximum absolute atomic E-state index is 13.5. The predicted octanol–water partition coefficient (Wildman–Crippen LogP) is 3.27. The summed E-state index contributed by atoms with van der Waals surface area (Å²) in [7, 11) is 0. The lowest BCUT2D eigenvalue weighted by Crippen LogP contribution is -2.51. The number of anilines is 1. The van der Waals surface area contributed by atoms with Gasteiger partial charge in [-0.2, -0.15) is 0 Å².